The lowest BCUT2D eigenvalue weighted by Crippen LogP contribution is -2.67. The Morgan fingerprint density at radius 1 is 1.28 bits per heavy atom. The standard InChI is InChI=1S/C13H24N2O3/c1-17-11-5-3-4-6-13(11,12(16)18-2)15-9-7-14-8-10-15/h11,14H,3-10H2,1-2H3. The lowest BCUT2D eigenvalue weighted by Gasteiger charge is -2.49. The van der Waals surface area contributed by atoms with E-state index in [1.54, 1.807) is 7.11 Å². The SMILES string of the molecule is COC(=O)C1(N2CCNCC2)CCCCC1OC. The van der Waals surface area contributed by atoms with Crippen molar-refractivity contribution in [3.05, 3.63) is 0 Å². The van der Waals surface area contributed by atoms with Crippen molar-refractivity contribution in [1.29, 1.82) is 0 Å². The van der Waals surface area contributed by atoms with Crippen molar-refractivity contribution in [2.75, 3.05) is 40.4 Å². The number of carbonyl (C=O) groups excluding carboxylic acids is 1. The number of nitrogens with zero attached hydrogens (tertiary/aromatic N) is 1. The third kappa shape index (κ3) is 2.27. The molecule has 2 atom stereocenters. The highest BCUT2D eigenvalue weighted by atomic mass is 16.5. The summed E-state index contributed by atoms with van der Waals surface area (Å²) in [5.74, 6) is -0.129. The maximum Gasteiger partial charge on any atom is 0.329 e. The van der Waals surface area contributed by atoms with Crippen LogP contribution in [-0.2, 0) is 14.3 Å². The molecule has 5 heteroatoms. The fourth-order valence-corrected chi connectivity index (χ4v) is 3.40. The minimum Gasteiger partial charge on any atom is -0.468 e. The molecular formula is C13H24N2O3. The van der Waals surface area contributed by atoms with E-state index >= 15 is 0 Å². The van der Waals surface area contributed by atoms with Gasteiger partial charge >= 0.3 is 5.97 Å². The quantitative estimate of drug-likeness (QED) is 0.740. The second-order valence-electron chi connectivity index (χ2n) is 5.12. The topological polar surface area (TPSA) is 50.8 Å². The smallest absolute Gasteiger partial charge is 0.329 e. The molecule has 1 aliphatic heterocycles. The first-order chi connectivity index (χ1) is 8.75. The van der Waals surface area contributed by atoms with Crippen molar-refractivity contribution in [1.82, 2.24) is 10.2 Å². The van der Waals surface area contributed by atoms with Gasteiger partial charge in [-0.2, -0.15) is 0 Å². The van der Waals surface area contributed by atoms with E-state index in [-0.39, 0.29) is 12.1 Å². The van der Waals surface area contributed by atoms with Crippen LogP contribution in [0.15, 0.2) is 0 Å². The molecular weight excluding hydrogens is 232 g/mol. The molecule has 2 fully saturated rings. The van der Waals surface area contributed by atoms with Gasteiger partial charge in [-0.05, 0) is 12.8 Å². The average Bonchev–Trinajstić information content (AvgIpc) is 2.47. The Hall–Kier alpha value is -0.650. The van der Waals surface area contributed by atoms with Crippen LogP contribution in [0.4, 0.5) is 0 Å². The molecule has 1 saturated carbocycles. The molecule has 104 valence electrons. The van der Waals surface area contributed by atoms with Gasteiger partial charge < -0.3 is 14.8 Å². The zero-order valence-electron chi connectivity index (χ0n) is 11.4. The Labute approximate surface area is 109 Å². The van der Waals surface area contributed by atoms with Crippen LogP contribution in [0.3, 0.4) is 0 Å². The fourth-order valence-electron chi connectivity index (χ4n) is 3.40. The van der Waals surface area contributed by atoms with Crippen LogP contribution in [0.25, 0.3) is 0 Å². The summed E-state index contributed by atoms with van der Waals surface area (Å²) in [7, 11) is 3.18. The predicted octanol–water partition coefficient (Wildman–Crippen LogP) is 0.392. The first-order valence-corrected chi connectivity index (χ1v) is 6.82. The third-order valence-corrected chi connectivity index (χ3v) is 4.31. The maximum absolute atomic E-state index is 12.4. The van der Waals surface area contributed by atoms with E-state index in [2.05, 4.69) is 10.2 Å². The van der Waals surface area contributed by atoms with E-state index < -0.39 is 5.54 Å². The van der Waals surface area contributed by atoms with E-state index in [0.29, 0.717) is 0 Å². The number of esters is 1. The second kappa shape index (κ2) is 5.99. The zero-order chi connectivity index (χ0) is 13.0. The molecule has 2 unspecified atom stereocenters. The van der Waals surface area contributed by atoms with Crippen LogP contribution in [0.2, 0.25) is 0 Å². The maximum atomic E-state index is 12.4. The highest BCUT2D eigenvalue weighted by molar-refractivity contribution is 5.82. The molecule has 0 radical (unpaired) electrons. The van der Waals surface area contributed by atoms with Crippen LogP contribution >= 0.6 is 0 Å². The highest BCUT2D eigenvalue weighted by Crippen LogP contribution is 2.37. The summed E-state index contributed by atoms with van der Waals surface area (Å²) in [4.78, 5) is 14.7. The van der Waals surface area contributed by atoms with Gasteiger partial charge in [-0.1, -0.05) is 12.8 Å². The molecule has 1 aliphatic carbocycles. The van der Waals surface area contributed by atoms with Crippen molar-refractivity contribution >= 4 is 5.97 Å². The van der Waals surface area contributed by atoms with E-state index in [0.717, 1.165) is 51.9 Å². The Morgan fingerprint density at radius 2 is 2.00 bits per heavy atom. The van der Waals surface area contributed by atoms with E-state index in [9.17, 15) is 4.79 Å². The summed E-state index contributed by atoms with van der Waals surface area (Å²) in [6.45, 7) is 3.62. The molecule has 2 rings (SSSR count). The predicted molar refractivity (Wildman–Crippen MR) is 68.5 cm³/mol. The first-order valence-electron chi connectivity index (χ1n) is 6.82. The number of methoxy groups -OCH3 is 2. The summed E-state index contributed by atoms with van der Waals surface area (Å²) in [5, 5.41) is 3.33. The molecule has 0 amide bonds. The van der Waals surface area contributed by atoms with Gasteiger partial charge in [-0.25, -0.2) is 4.79 Å². The number of rotatable bonds is 3. The van der Waals surface area contributed by atoms with Crippen LogP contribution in [0.5, 0.6) is 0 Å². The largest absolute Gasteiger partial charge is 0.468 e. The molecule has 0 aromatic heterocycles. The van der Waals surface area contributed by atoms with Gasteiger partial charge in [0.15, 0.2) is 0 Å². The van der Waals surface area contributed by atoms with Crippen molar-refractivity contribution in [3.63, 3.8) is 0 Å². The van der Waals surface area contributed by atoms with Gasteiger partial charge in [0.05, 0.1) is 13.2 Å². The Bertz CT molecular complexity index is 292. The van der Waals surface area contributed by atoms with Gasteiger partial charge in [0.1, 0.15) is 5.54 Å². The average molecular weight is 256 g/mol. The van der Waals surface area contributed by atoms with Crippen molar-refractivity contribution in [2.45, 2.75) is 37.3 Å². The van der Waals surface area contributed by atoms with Crippen LogP contribution in [0, 0.1) is 0 Å². The highest BCUT2D eigenvalue weighted by Gasteiger charge is 2.52. The molecule has 1 N–H and O–H groups in total. The summed E-state index contributed by atoms with van der Waals surface area (Å²) in [6, 6.07) is 0. The lowest BCUT2D eigenvalue weighted by atomic mass is 9.77. The van der Waals surface area contributed by atoms with E-state index in [1.165, 1.54) is 7.11 Å². The van der Waals surface area contributed by atoms with Crippen molar-refractivity contribution < 1.29 is 14.3 Å². The number of ether oxygens (including phenoxy) is 2. The van der Waals surface area contributed by atoms with Gasteiger partial charge in [0, 0.05) is 33.3 Å². The molecule has 2 aliphatic rings. The number of nitrogens with one attached hydrogen (secondary N) is 1. The monoisotopic (exact) mass is 256 g/mol. The van der Waals surface area contributed by atoms with Gasteiger partial charge in [0.25, 0.3) is 0 Å². The van der Waals surface area contributed by atoms with Gasteiger partial charge in [0.2, 0.25) is 0 Å². The Morgan fingerprint density at radius 3 is 2.61 bits per heavy atom. The molecule has 18 heavy (non-hydrogen) atoms. The van der Waals surface area contributed by atoms with Crippen LogP contribution < -0.4 is 5.32 Å². The van der Waals surface area contributed by atoms with Gasteiger partial charge in [-0.15, -0.1) is 0 Å². The minimum atomic E-state index is -0.566. The lowest BCUT2D eigenvalue weighted by molar-refractivity contribution is -0.172. The van der Waals surface area contributed by atoms with E-state index in [4.69, 9.17) is 9.47 Å². The summed E-state index contributed by atoms with van der Waals surface area (Å²) in [6.07, 6.45) is 3.94. The van der Waals surface area contributed by atoms with Crippen LogP contribution in [-0.4, -0.2) is 62.9 Å². The summed E-state index contributed by atoms with van der Waals surface area (Å²) >= 11 is 0. The van der Waals surface area contributed by atoms with Crippen molar-refractivity contribution in [3.8, 4) is 0 Å². The fraction of sp³-hybridized carbons (Fsp3) is 0.923. The summed E-state index contributed by atoms with van der Waals surface area (Å²) in [5.41, 5.74) is -0.566. The minimum absolute atomic E-state index is 0.0446. The molecule has 0 aromatic rings. The Kier molecular flexibility index (Phi) is 4.59. The number of carbonyl (C=O) groups is 1. The number of hydrogen-bond acceptors (Lipinski definition) is 5. The summed E-state index contributed by atoms with van der Waals surface area (Å²) < 4.78 is 10.7. The van der Waals surface area contributed by atoms with Crippen LogP contribution in [0.1, 0.15) is 25.7 Å². The molecule has 1 saturated heterocycles. The number of piperazine rings is 1. The number of hydrogen-bond donors (Lipinski definition) is 1. The molecule has 0 bridgehead atoms. The molecule has 1 heterocycles. The van der Waals surface area contributed by atoms with Gasteiger partial charge in [-0.3, -0.25) is 4.90 Å². The van der Waals surface area contributed by atoms with E-state index in [1.807, 2.05) is 0 Å². The molecule has 0 spiro atoms. The van der Waals surface area contributed by atoms with Crippen molar-refractivity contribution in [2.24, 2.45) is 0 Å². The first kappa shape index (κ1) is 13.8. The normalized spacial score (nSPS) is 34.2. The molecule has 5 nitrogen and oxygen atoms in total. The third-order valence-electron chi connectivity index (χ3n) is 4.31. The zero-order valence-corrected chi connectivity index (χ0v) is 11.4. The Balaban J connectivity index is 2.27. The molecule has 0 aromatic carbocycles. The second-order valence-corrected chi connectivity index (χ2v) is 5.12.